The minimum absolute atomic E-state index is 0.343. The molecule has 2 bridgehead atoms. The lowest BCUT2D eigenvalue weighted by Gasteiger charge is -2.29. The fourth-order valence-corrected chi connectivity index (χ4v) is 3.69. The molecule has 3 unspecified atom stereocenters. The van der Waals surface area contributed by atoms with Crippen molar-refractivity contribution in [3.05, 3.63) is 23.5 Å². The van der Waals surface area contributed by atoms with Crippen LogP contribution in [0.2, 0.25) is 0 Å². The number of amides is 1. The second-order valence-corrected chi connectivity index (χ2v) is 5.77. The van der Waals surface area contributed by atoms with Crippen LogP contribution < -0.4 is 10.2 Å². The summed E-state index contributed by atoms with van der Waals surface area (Å²) in [6.45, 7) is 0.900. The van der Waals surface area contributed by atoms with Crippen molar-refractivity contribution in [1.82, 2.24) is 0 Å². The zero-order valence-corrected chi connectivity index (χ0v) is 10.4. The highest BCUT2D eigenvalue weighted by atomic mass is 19.1. The number of hydrogen-bond acceptors (Lipinski definition) is 3. The quantitative estimate of drug-likeness (QED) is 0.811. The van der Waals surface area contributed by atoms with Crippen molar-refractivity contribution in [2.75, 3.05) is 16.8 Å². The van der Waals surface area contributed by atoms with E-state index in [-0.39, 0.29) is 5.82 Å². The first-order valence-corrected chi connectivity index (χ1v) is 6.72. The van der Waals surface area contributed by atoms with Gasteiger partial charge in [-0.15, -0.1) is 0 Å². The van der Waals surface area contributed by atoms with Gasteiger partial charge in [0.05, 0.1) is 5.69 Å². The molecule has 4 nitrogen and oxygen atoms in total. The fraction of sp³-hybridized carbons (Fsp3) is 0.500. The van der Waals surface area contributed by atoms with Crippen LogP contribution in [0.5, 0.6) is 0 Å². The number of nitrogens with zero attached hydrogens (tertiary/aromatic N) is 1. The van der Waals surface area contributed by atoms with Crippen LogP contribution in [0.3, 0.4) is 0 Å². The third kappa shape index (κ3) is 1.51. The van der Waals surface area contributed by atoms with Crippen molar-refractivity contribution in [2.24, 2.45) is 5.92 Å². The maximum absolute atomic E-state index is 14.2. The summed E-state index contributed by atoms with van der Waals surface area (Å²) < 4.78 is 14.2. The monoisotopic (exact) mass is 262 g/mol. The number of rotatable bonds is 1. The van der Waals surface area contributed by atoms with Gasteiger partial charge in [-0.1, -0.05) is 0 Å². The Morgan fingerprint density at radius 2 is 2.21 bits per heavy atom. The second kappa shape index (κ2) is 3.70. The minimum atomic E-state index is -1.24. The van der Waals surface area contributed by atoms with E-state index < -0.39 is 12.0 Å². The Hall–Kier alpha value is -1.62. The second-order valence-electron chi connectivity index (χ2n) is 5.77. The summed E-state index contributed by atoms with van der Waals surface area (Å²) in [5.74, 6) is -0.144. The highest BCUT2D eigenvalue weighted by molar-refractivity contribution is 6.02. The van der Waals surface area contributed by atoms with Gasteiger partial charge in [-0.05, 0) is 37.3 Å². The molecule has 2 N–H and O–H groups in total. The van der Waals surface area contributed by atoms with E-state index in [4.69, 9.17) is 0 Å². The molecule has 1 saturated carbocycles. The molecule has 4 rings (SSSR count). The molecule has 0 spiro atoms. The molecule has 0 radical (unpaired) electrons. The topological polar surface area (TPSA) is 52.6 Å². The van der Waals surface area contributed by atoms with Crippen LogP contribution >= 0.6 is 0 Å². The Balaban J connectivity index is 1.75. The molecule has 1 aromatic carbocycles. The zero-order valence-electron chi connectivity index (χ0n) is 10.4. The Bertz CT molecular complexity index is 575. The number of aliphatic hydroxyl groups is 1. The minimum Gasteiger partial charge on any atom is -0.378 e. The maximum atomic E-state index is 14.2. The first kappa shape index (κ1) is 11.2. The Labute approximate surface area is 110 Å². The summed E-state index contributed by atoms with van der Waals surface area (Å²) >= 11 is 0. The molecule has 19 heavy (non-hydrogen) atoms. The van der Waals surface area contributed by atoms with Crippen molar-refractivity contribution in [3.63, 3.8) is 0 Å². The molecule has 0 aromatic heterocycles. The van der Waals surface area contributed by atoms with E-state index in [1.807, 2.05) is 0 Å². The number of nitrogens with one attached hydrogen (secondary N) is 1. The highest BCUT2D eigenvalue weighted by Crippen LogP contribution is 2.43. The van der Waals surface area contributed by atoms with E-state index in [1.165, 1.54) is 12.5 Å². The average molecular weight is 262 g/mol. The van der Waals surface area contributed by atoms with Gasteiger partial charge in [-0.25, -0.2) is 4.39 Å². The molecular formula is C14H15FN2O2. The molecule has 1 aromatic rings. The fourth-order valence-electron chi connectivity index (χ4n) is 3.69. The van der Waals surface area contributed by atoms with Gasteiger partial charge >= 0.3 is 0 Å². The number of carbonyl (C=O) groups is 1. The van der Waals surface area contributed by atoms with Crippen molar-refractivity contribution in [2.45, 2.75) is 31.4 Å². The normalized spacial score (nSPS) is 31.8. The predicted octanol–water partition coefficient (Wildman–Crippen LogP) is 1.80. The smallest absolute Gasteiger partial charge is 0.257 e. The molecule has 100 valence electrons. The van der Waals surface area contributed by atoms with E-state index >= 15 is 0 Å². The van der Waals surface area contributed by atoms with Gasteiger partial charge in [-0.3, -0.25) is 4.79 Å². The Morgan fingerprint density at radius 1 is 1.37 bits per heavy atom. The van der Waals surface area contributed by atoms with Crippen LogP contribution in [0, 0.1) is 11.7 Å². The van der Waals surface area contributed by atoms with E-state index in [0.717, 1.165) is 19.4 Å². The van der Waals surface area contributed by atoms with Crippen molar-refractivity contribution >= 4 is 17.3 Å². The average Bonchev–Trinajstić information content (AvgIpc) is 3.06. The van der Waals surface area contributed by atoms with Gasteiger partial charge in [0.1, 0.15) is 5.82 Å². The first-order valence-electron chi connectivity index (χ1n) is 6.72. The van der Waals surface area contributed by atoms with Crippen LogP contribution in [-0.2, 0) is 4.79 Å². The van der Waals surface area contributed by atoms with Crippen LogP contribution in [0.1, 0.15) is 30.9 Å². The molecule has 1 aliphatic carbocycles. The number of carbonyl (C=O) groups excluding carboxylic acids is 1. The van der Waals surface area contributed by atoms with Crippen molar-refractivity contribution in [1.29, 1.82) is 0 Å². The lowest BCUT2D eigenvalue weighted by Crippen LogP contribution is -2.32. The summed E-state index contributed by atoms with van der Waals surface area (Å²) in [6.07, 6.45) is 2.26. The van der Waals surface area contributed by atoms with Gasteiger partial charge in [-0.2, -0.15) is 0 Å². The number of halogens is 1. The number of benzene rings is 1. The SMILES string of the molecule is O=C1Nc2cc(N3CC4CCC3C4)c(F)cc2C1O. The number of anilines is 2. The molecule has 2 fully saturated rings. The number of aliphatic hydroxyl groups excluding tert-OH is 1. The molecule has 5 heteroatoms. The Kier molecular flexibility index (Phi) is 2.18. The standard InChI is InChI=1S/C14H15FN2O2/c15-10-4-9-11(16-14(19)13(9)18)5-12(10)17-6-7-1-2-8(17)3-7/h4-5,7-8,13,18H,1-3,6H2,(H,16,19). The molecule has 1 saturated heterocycles. The third-order valence-corrected chi connectivity index (χ3v) is 4.64. The summed E-state index contributed by atoms with van der Waals surface area (Å²) in [4.78, 5) is 13.5. The van der Waals surface area contributed by atoms with E-state index in [9.17, 15) is 14.3 Å². The van der Waals surface area contributed by atoms with Gasteiger partial charge in [0.25, 0.3) is 5.91 Å². The molecular weight excluding hydrogens is 247 g/mol. The van der Waals surface area contributed by atoms with Crippen LogP contribution in [0.4, 0.5) is 15.8 Å². The van der Waals surface area contributed by atoms with Gasteiger partial charge in [0, 0.05) is 23.8 Å². The summed E-state index contributed by atoms with van der Waals surface area (Å²) in [7, 11) is 0. The van der Waals surface area contributed by atoms with E-state index in [2.05, 4.69) is 10.2 Å². The van der Waals surface area contributed by atoms with Gasteiger partial charge in [0.2, 0.25) is 0 Å². The lowest BCUT2D eigenvalue weighted by molar-refractivity contribution is -0.123. The molecule has 2 heterocycles. The number of hydrogen-bond donors (Lipinski definition) is 2. The number of piperidine rings is 1. The molecule has 3 atom stereocenters. The zero-order chi connectivity index (χ0) is 13.1. The van der Waals surface area contributed by atoms with Crippen LogP contribution in [-0.4, -0.2) is 23.6 Å². The molecule has 2 aliphatic heterocycles. The first-order chi connectivity index (χ1) is 9.13. The van der Waals surface area contributed by atoms with E-state index in [1.54, 1.807) is 6.07 Å². The van der Waals surface area contributed by atoms with Crippen molar-refractivity contribution < 1.29 is 14.3 Å². The largest absolute Gasteiger partial charge is 0.378 e. The van der Waals surface area contributed by atoms with Crippen molar-refractivity contribution in [3.8, 4) is 0 Å². The third-order valence-electron chi connectivity index (χ3n) is 4.64. The summed E-state index contributed by atoms with van der Waals surface area (Å²) in [5.41, 5.74) is 1.44. The maximum Gasteiger partial charge on any atom is 0.257 e. The molecule has 1 amide bonds. The lowest BCUT2D eigenvalue weighted by atomic mass is 10.1. The van der Waals surface area contributed by atoms with Gasteiger partial charge in [0.15, 0.2) is 6.10 Å². The van der Waals surface area contributed by atoms with Gasteiger partial charge < -0.3 is 15.3 Å². The highest BCUT2D eigenvalue weighted by Gasteiger charge is 2.40. The molecule has 3 aliphatic rings. The van der Waals surface area contributed by atoms with E-state index in [0.29, 0.717) is 28.9 Å². The van der Waals surface area contributed by atoms with Crippen LogP contribution in [0.15, 0.2) is 12.1 Å². The van der Waals surface area contributed by atoms with Crippen LogP contribution in [0.25, 0.3) is 0 Å². The Morgan fingerprint density at radius 3 is 2.89 bits per heavy atom. The predicted molar refractivity (Wildman–Crippen MR) is 68.5 cm³/mol. The summed E-state index contributed by atoms with van der Waals surface area (Å²) in [6, 6.07) is 3.39. The number of fused-ring (bicyclic) bond motifs is 3. The summed E-state index contributed by atoms with van der Waals surface area (Å²) in [5, 5.41) is 12.2.